The second-order valence-corrected chi connectivity index (χ2v) is 9.84. The fraction of sp³-hybridized carbons (Fsp3) is 0.290. The molecule has 1 amide bonds. The van der Waals surface area contributed by atoms with E-state index in [-0.39, 0.29) is 17.3 Å². The second-order valence-electron chi connectivity index (χ2n) is 9.84. The smallest absolute Gasteiger partial charge is 0.300 e. The number of rotatable bonds is 8. The average molecular weight is 531 g/mol. The molecular formula is C31H34N2O6. The largest absolute Gasteiger partial charge is 0.507 e. The molecule has 8 heteroatoms. The van der Waals surface area contributed by atoms with E-state index in [4.69, 9.17) is 14.2 Å². The van der Waals surface area contributed by atoms with Crippen LogP contribution in [-0.2, 0) is 9.59 Å². The summed E-state index contributed by atoms with van der Waals surface area (Å²) in [5.74, 6) is -0.0784. The minimum atomic E-state index is -0.886. The van der Waals surface area contributed by atoms with Gasteiger partial charge in [0.25, 0.3) is 11.7 Å². The van der Waals surface area contributed by atoms with Crippen molar-refractivity contribution in [3.05, 3.63) is 82.9 Å². The molecule has 39 heavy (non-hydrogen) atoms. The Morgan fingerprint density at radius 3 is 2.00 bits per heavy atom. The normalized spacial score (nSPS) is 16.5. The van der Waals surface area contributed by atoms with Crippen LogP contribution in [-0.4, -0.2) is 52.2 Å². The third-order valence-electron chi connectivity index (χ3n) is 6.91. The topological polar surface area (TPSA) is 88.5 Å². The number of carbonyl (C=O) groups is 2. The van der Waals surface area contributed by atoms with E-state index in [1.807, 2.05) is 57.1 Å². The molecule has 0 aromatic heterocycles. The molecule has 1 unspecified atom stereocenters. The van der Waals surface area contributed by atoms with Crippen molar-refractivity contribution in [3.8, 4) is 17.2 Å². The van der Waals surface area contributed by atoms with Crippen molar-refractivity contribution in [2.24, 2.45) is 0 Å². The first-order valence-electron chi connectivity index (χ1n) is 12.6. The van der Waals surface area contributed by atoms with Crippen LogP contribution in [0, 0.1) is 0 Å². The Balaban J connectivity index is 1.97. The first-order chi connectivity index (χ1) is 18.6. The number of aliphatic hydroxyl groups is 1. The lowest BCUT2D eigenvalue weighted by Gasteiger charge is -2.26. The molecule has 204 valence electrons. The molecule has 1 fully saturated rings. The third kappa shape index (κ3) is 5.14. The Labute approximate surface area is 229 Å². The first kappa shape index (κ1) is 27.6. The lowest BCUT2D eigenvalue weighted by atomic mass is 9.93. The lowest BCUT2D eigenvalue weighted by molar-refractivity contribution is -0.132. The summed E-state index contributed by atoms with van der Waals surface area (Å²) in [5.41, 5.74) is 3.33. The Hall–Kier alpha value is -4.46. The number of nitrogens with zero attached hydrogens (tertiary/aromatic N) is 2. The number of ketones is 1. The number of anilines is 2. The molecule has 0 saturated carbocycles. The van der Waals surface area contributed by atoms with Gasteiger partial charge in [-0.1, -0.05) is 26.0 Å². The molecule has 1 aliphatic rings. The van der Waals surface area contributed by atoms with Crippen LogP contribution in [0.1, 0.15) is 42.5 Å². The zero-order chi connectivity index (χ0) is 28.4. The molecule has 0 radical (unpaired) electrons. The monoisotopic (exact) mass is 530 g/mol. The van der Waals surface area contributed by atoms with Gasteiger partial charge in [-0.25, -0.2) is 0 Å². The fourth-order valence-corrected chi connectivity index (χ4v) is 4.79. The minimum absolute atomic E-state index is 0.000683. The molecule has 1 saturated heterocycles. The lowest BCUT2D eigenvalue weighted by Crippen LogP contribution is -2.29. The Morgan fingerprint density at radius 2 is 1.49 bits per heavy atom. The van der Waals surface area contributed by atoms with Crippen molar-refractivity contribution in [1.82, 2.24) is 0 Å². The second kappa shape index (κ2) is 11.1. The quantitative estimate of drug-likeness (QED) is 0.233. The van der Waals surface area contributed by atoms with Crippen molar-refractivity contribution in [3.63, 3.8) is 0 Å². The van der Waals surface area contributed by atoms with Crippen LogP contribution in [0.25, 0.3) is 5.76 Å². The van der Waals surface area contributed by atoms with Crippen molar-refractivity contribution in [2.75, 3.05) is 45.2 Å². The maximum Gasteiger partial charge on any atom is 0.300 e. The molecule has 3 aromatic carbocycles. The van der Waals surface area contributed by atoms with E-state index in [0.717, 1.165) is 11.3 Å². The van der Waals surface area contributed by atoms with E-state index in [1.54, 1.807) is 43.5 Å². The zero-order valence-corrected chi connectivity index (χ0v) is 23.3. The van der Waals surface area contributed by atoms with Crippen LogP contribution in [0.5, 0.6) is 17.2 Å². The number of methoxy groups -OCH3 is 3. The van der Waals surface area contributed by atoms with E-state index < -0.39 is 17.7 Å². The van der Waals surface area contributed by atoms with Gasteiger partial charge in [-0.3, -0.25) is 14.5 Å². The van der Waals surface area contributed by atoms with Crippen LogP contribution in [0.4, 0.5) is 11.4 Å². The summed E-state index contributed by atoms with van der Waals surface area (Å²) in [6.45, 7) is 4.03. The molecule has 1 aliphatic heterocycles. The number of carbonyl (C=O) groups excluding carboxylic acids is 2. The van der Waals surface area contributed by atoms with Crippen molar-refractivity contribution in [1.29, 1.82) is 0 Å². The highest BCUT2D eigenvalue weighted by atomic mass is 16.5. The summed E-state index contributed by atoms with van der Waals surface area (Å²) in [5, 5.41) is 11.6. The maximum absolute atomic E-state index is 13.6. The Morgan fingerprint density at radius 1 is 0.872 bits per heavy atom. The number of hydrogen-bond donors (Lipinski definition) is 1. The van der Waals surface area contributed by atoms with Gasteiger partial charge < -0.3 is 24.2 Å². The van der Waals surface area contributed by atoms with Gasteiger partial charge in [0, 0.05) is 43.5 Å². The Kier molecular flexibility index (Phi) is 7.85. The number of hydrogen-bond acceptors (Lipinski definition) is 7. The van der Waals surface area contributed by atoms with E-state index in [1.165, 1.54) is 19.1 Å². The van der Waals surface area contributed by atoms with Crippen LogP contribution in [0.3, 0.4) is 0 Å². The number of benzene rings is 3. The summed E-state index contributed by atoms with van der Waals surface area (Å²) in [7, 11) is 8.48. The molecular weight excluding hydrogens is 496 g/mol. The SMILES string of the molecule is COc1cc(OC)cc(N2C(=O)C(=O)/C(=C(\O)c3ccc(OC)c(C(C)C)c3)C2c2ccc(N(C)C)cc2)c1. The van der Waals surface area contributed by atoms with Gasteiger partial charge >= 0.3 is 0 Å². The van der Waals surface area contributed by atoms with Gasteiger partial charge in [0.05, 0.1) is 38.6 Å². The summed E-state index contributed by atoms with van der Waals surface area (Å²) >= 11 is 0. The molecule has 0 spiro atoms. The first-order valence-corrected chi connectivity index (χ1v) is 12.6. The van der Waals surface area contributed by atoms with Crippen molar-refractivity contribution >= 4 is 28.8 Å². The predicted molar refractivity (Wildman–Crippen MR) is 152 cm³/mol. The van der Waals surface area contributed by atoms with Crippen molar-refractivity contribution in [2.45, 2.75) is 25.8 Å². The summed E-state index contributed by atoms with van der Waals surface area (Å²) in [4.78, 5) is 30.6. The highest BCUT2D eigenvalue weighted by molar-refractivity contribution is 6.51. The summed E-state index contributed by atoms with van der Waals surface area (Å²) in [6.07, 6.45) is 0. The number of aliphatic hydroxyl groups excluding tert-OH is 1. The molecule has 0 bridgehead atoms. The number of amides is 1. The van der Waals surface area contributed by atoms with Gasteiger partial charge in [-0.05, 0) is 47.4 Å². The van der Waals surface area contributed by atoms with Crippen LogP contribution in [0.2, 0.25) is 0 Å². The van der Waals surface area contributed by atoms with Gasteiger partial charge in [-0.2, -0.15) is 0 Å². The molecule has 3 aromatic rings. The van der Waals surface area contributed by atoms with Gasteiger partial charge in [0.1, 0.15) is 23.0 Å². The highest BCUT2D eigenvalue weighted by Crippen LogP contribution is 2.44. The predicted octanol–water partition coefficient (Wildman–Crippen LogP) is 5.53. The molecule has 1 heterocycles. The van der Waals surface area contributed by atoms with Crippen LogP contribution < -0.4 is 24.0 Å². The van der Waals surface area contributed by atoms with E-state index >= 15 is 0 Å². The van der Waals surface area contributed by atoms with E-state index in [0.29, 0.717) is 34.1 Å². The van der Waals surface area contributed by atoms with E-state index in [9.17, 15) is 14.7 Å². The molecule has 1 atom stereocenters. The van der Waals surface area contributed by atoms with Gasteiger partial charge in [0.15, 0.2) is 0 Å². The Bertz CT molecular complexity index is 1400. The highest BCUT2D eigenvalue weighted by Gasteiger charge is 2.47. The number of ether oxygens (including phenoxy) is 3. The van der Waals surface area contributed by atoms with Gasteiger partial charge in [0.2, 0.25) is 0 Å². The molecule has 1 N–H and O–H groups in total. The van der Waals surface area contributed by atoms with Gasteiger partial charge in [-0.15, -0.1) is 0 Å². The summed E-state index contributed by atoms with van der Waals surface area (Å²) in [6, 6.07) is 16.9. The molecule has 0 aliphatic carbocycles. The number of Topliss-reactive ketones (excluding diaryl/α,β-unsaturated/α-hetero) is 1. The third-order valence-corrected chi connectivity index (χ3v) is 6.91. The zero-order valence-electron chi connectivity index (χ0n) is 23.3. The maximum atomic E-state index is 13.6. The van der Waals surface area contributed by atoms with Crippen LogP contribution >= 0.6 is 0 Å². The van der Waals surface area contributed by atoms with Crippen LogP contribution in [0.15, 0.2) is 66.2 Å². The van der Waals surface area contributed by atoms with Crippen molar-refractivity contribution < 1.29 is 28.9 Å². The molecule has 4 rings (SSSR count). The molecule has 8 nitrogen and oxygen atoms in total. The van der Waals surface area contributed by atoms with E-state index in [2.05, 4.69) is 0 Å². The average Bonchev–Trinajstić information content (AvgIpc) is 3.21. The minimum Gasteiger partial charge on any atom is -0.507 e. The standard InChI is InChI=1S/C31H34N2O6/c1-18(2)25-14-20(10-13-26(25)39-7)29(34)27-28(19-8-11-21(12-9-19)32(3)4)33(31(36)30(27)35)22-15-23(37-5)17-24(16-22)38-6/h8-18,28,34H,1-7H3/b29-27-. The fourth-order valence-electron chi connectivity index (χ4n) is 4.79. The summed E-state index contributed by atoms with van der Waals surface area (Å²) < 4.78 is 16.3.